The van der Waals surface area contributed by atoms with Crippen LogP contribution in [0.4, 0.5) is 5.69 Å². The van der Waals surface area contributed by atoms with E-state index in [0.29, 0.717) is 24.5 Å². The van der Waals surface area contributed by atoms with Crippen molar-refractivity contribution in [2.24, 2.45) is 5.92 Å². The van der Waals surface area contributed by atoms with Gasteiger partial charge in [0.15, 0.2) is 6.61 Å². The lowest BCUT2D eigenvalue weighted by atomic mass is 9.86. The van der Waals surface area contributed by atoms with E-state index in [1.165, 1.54) is 10.4 Å². The second-order valence-corrected chi connectivity index (χ2v) is 10.3. The summed E-state index contributed by atoms with van der Waals surface area (Å²) in [7, 11) is -3.71. The van der Waals surface area contributed by atoms with Crippen molar-refractivity contribution in [2.75, 3.05) is 38.2 Å². The summed E-state index contributed by atoms with van der Waals surface area (Å²) < 4.78 is 38.1. The summed E-state index contributed by atoms with van der Waals surface area (Å²) in [6, 6.07) is 14.1. The molecule has 8 nitrogen and oxygen atoms in total. The molecule has 184 valence electrons. The van der Waals surface area contributed by atoms with Crippen molar-refractivity contribution >= 4 is 27.6 Å². The third kappa shape index (κ3) is 6.22. The molecule has 9 heteroatoms. The molecule has 0 saturated carbocycles. The Hall–Kier alpha value is -2.75. The monoisotopic (exact) mass is 488 g/mol. The third-order valence-corrected chi connectivity index (χ3v) is 8.07. The summed E-state index contributed by atoms with van der Waals surface area (Å²) in [4.78, 5) is 25.4. The number of nitrogens with one attached hydrogen (secondary N) is 1. The molecule has 0 bridgehead atoms. The minimum Gasteiger partial charge on any atom is -0.455 e. The van der Waals surface area contributed by atoms with E-state index in [4.69, 9.17) is 9.47 Å². The number of nitrogens with zero attached hydrogens (tertiary/aromatic N) is 1. The smallest absolute Gasteiger partial charge is 0.314 e. The predicted octanol–water partition coefficient (Wildman–Crippen LogP) is 3.33. The molecular weight excluding hydrogens is 456 g/mol. The molecule has 1 fully saturated rings. The first-order valence-electron chi connectivity index (χ1n) is 11.4. The molecule has 0 aliphatic carbocycles. The number of amides is 1. The third-order valence-electron chi connectivity index (χ3n) is 6.03. The van der Waals surface area contributed by atoms with Gasteiger partial charge in [-0.1, -0.05) is 56.7 Å². The van der Waals surface area contributed by atoms with Gasteiger partial charge in [-0.05, 0) is 36.1 Å². The summed E-state index contributed by atoms with van der Waals surface area (Å²) in [5.41, 5.74) is 1.74. The van der Waals surface area contributed by atoms with Gasteiger partial charge < -0.3 is 14.8 Å². The van der Waals surface area contributed by atoms with Gasteiger partial charge in [0.25, 0.3) is 5.91 Å². The number of esters is 1. The molecule has 1 heterocycles. The van der Waals surface area contributed by atoms with Crippen LogP contribution >= 0.6 is 0 Å². The van der Waals surface area contributed by atoms with E-state index < -0.39 is 34.4 Å². The van der Waals surface area contributed by atoms with E-state index in [-0.39, 0.29) is 23.9 Å². The summed E-state index contributed by atoms with van der Waals surface area (Å²) in [6.45, 7) is 6.49. The van der Waals surface area contributed by atoms with Crippen LogP contribution in [0.5, 0.6) is 0 Å². The Morgan fingerprint density at radius 1 is 1.12 bits per heavy atom. The Bertz CT molecular complexity index is 1100. The Kier molecular flexibility index (Phi) is 8.82. The van der Waals surface area contributed by atoms with Gasteiger partial charge in [-0.3, -0.25) is 9.59 Å². The average Bonchev–Trinajstić information content (AvgIpc) is 2.85. The number of anilines is 1. The number of carbonyl (C=O) groups excluding carboxylic acids is 2. The Morgan fingerprint density at radius 3 is 2.44 bits per heavy atom. The molecule has 1 aliphatic rings. The zero-order valence-corrected chi connectivity index (χ0v) is 20.6. The van der Waals surface area contributed by atoms with Crippen LogP contribution in [0, 0.1) is 12.8 Å². The van der Waals surface area contributed by atoms with Crippen molar-refractivity contribution in [2.45, 2.75) is 38.0 Å². The lowest BCUT2D eigenvalue weighted by Gasteiger charge is -2.26. The van der Waals surface area contributed by atoms with Gasteiger partial charge in [-0.25, -0.2) is 8.42 Å². The highest BCUT2D eigenvalue weighted by Crippen LogP contribution is 2.28. The zero-order chi connectivity index (χ0) is 24.7. The quantitative estimate of drug-likeness (QED) is 0.543. The Labute approximate surface area is 201 Å². The molecular formula is C25H32N2O6S. The van der Waals surface area contributed by atoms with Crippen LogP contribution in [-0.2, 0) is 29.1 Å². The molecule has 2 unspecified atom stereocenters. The highest BCUT2D eigenvalue weighted by molar-refractivity contribution is 7.89. The fraction of sp³-hybridized carbons (Fsp3) is 0.440. The molecule has 1 amide bonds. The highest BCUT2D eigenvalue weighted by atomic mass is 32.2. The van der Waals surface area contributed by atoms with Gasteiger partial charge in [-0.15, -0.1) is 0 Å². The number of rotatable bonds is 9. The molecule has 2 atom stereocenters. The number of morpholine rings is 1. The molecule has 0 aromatic heterocycles. The number of aryl methyl sites for hydroxylation is 1. The van der Waals surface area contributed by atoms with E-state index in [1.54, 1.807) is 19.1 Å². The van der Waals surface area contributed by atoms with Crippen LogP contribution in [0.25, 0.3) is 0 Å². The Morgan fingerprint density at radius 2 is 1.79 bits per heavy atom. The fourth-order valence-corrected chi connectivity index (χ4v) is 5.56. The number of hydrogen-bond acceptors (Lipinski definition) is 6. The average molecular weight is 489 g/mol. The summed E-state index contributed by atoms with van der Waals surface area (Å²) in [5.74, 6) is -1.43. The second kappa shape index (κ2) is 11.6. The summed E-state index contributed by atoms with van der Waals surface area (Å²) in [6.07, 6.45) is 0.782. The SMILES string of the molecule is CCC(C)C(C(=O)OCC(=O)Nc1ccc(C)c(S(=O)(=O)N2CCOCC2)c1)c1ccccc1. The number of sulfonamides is 1. The lowest BCUT2D eigenvalue weighted by molar-refractivity contribution is -0.150. The standard InChI is InChI=1S/C25H32N2O6S/c1-4-18(2)24(20-8-6-5-7-9-20)25(29)33-17-23(28)26-21-11-10-19(3)22(16-21)34(30,31)27-12-14-32-15-13-27/h5-11,16,18,24H,4,12-15,17H2,1-3H3,(H,26,28). The largest absolute Gasteiger partial charge is 0.455 e. The minimum absolute atomic E-state index is 0.0445. The van der Waals surface area contributed by atoms with E-state index in [1.807, 2.05) is 44.2 Å². The van der Waals surface area contributed by atoms with Gasteiger partial charge in [0.05, 0.1) is 24.0 Å². The van der Waals surface area contributed by atoms with E-state index in [2.05, 4.69) is 5.32 Å². The first-order valence-corrected chi connectivity index (χ1v) is 12.9. The second-order valence-electron chi connectivity index (χ2n) is 8.43. The van der Waals surface area contributed by atoms with Crippen molar-refractivity contribution in [3.8, 4) is 0 Å². The van der Waals surface area contributed by atoms with Crippen LogP contribution in [0.3, 0.4) is 0 Å². The summed E-state index contributed by atoms with van der Waals surface area (Å²) in [5, 5.41) is 2.64. The number of hydrogen-bond donors (Lipinski definition) is 1. The molecule has 34 heavy (non-hydrogen) atoms. The first-order chi connectivity index (χ1) is 16.2. The molecule has 0 spiro atoms. The van der Waals surface area contributed by atoms with Crippen LogP contribution in [0.15, 0.2) is 53.4 Å². The summed E-state index contributed by atoms with van der Waals surface area (Å²) >= 11 is 0. The normalized spacial score (nSPS) is 16.4. The van der Waals surface area contributed by atoms with Crippen molar-refractivity contribution in [1.82, 2.24) is 4.31 Å². The van der Waals surface area contributed by atoms with Gasteiger partial charge in [-0.2, -0.15) is 4.31 Å². The van der Waals surface area contributed by atoms with E-state index in [0.717, 1.165) is 12.0 Å². The predicted molar refractivity (Wildman–Crippen MR) is 129 cm³/mol. The highest BCUT2D eigenvalue weighted by Gasteiger charge is 2.29. The number of benzene rings is 2. The van der Waals surface area contributed by atoms with Crippen LogP contribution in [-0.4, -0.2) is 57.5 Å². The zero-order valence-electron chi connectivity index (χ0n) is 19.8. The first kappa shape index (κ1) is 25.9. The maximum atomic E-state index is 13.1. The van der Waals surface area contributed by atoms with Crippen LogP contribution in [0.1, 0.15) is 37.3 Å². The van der Waals surface area contributed by atoms with Crippen LogP contribution in [0.2, 0.25) is 0 Å². The van der Waals surface area contributed by atoms with Gasteiger partial charge in [0.1, 0.15) is 0 Å². The van der Waals surface area contributed by atoms with E-state index in [9.17, 15) is 18.0 Å². The molecule has 2 aromatic rings. The maximum absolute atomic E-state index is 13.1. The molecule has 2 aromatic carbocycles. The van der Waals surface area contributed by atoms with Crippen LogP contribution < -0.4 is 5.32 Å². The van der Waals surface area contributed by atoms with Crippen molar-refractivity contribution < 1.29 is 27.5 Å². The Balaban J connectivity index is 1.67. The van der Waals surface area contributed by atoms with Crippen molar-refractivity contribution in [3.05, 3.63) is 59.7 Å². The fourth-order valence-electron chi connectivity index (χ4n) is 3.90. The number of carbonyl (C=O) groups is 2. The van der Waals surface area contributed by atoms with Gasteiger partial charge in [0, 0.05) is 18.8 Å². The van der Waals surface area contributed by atoms with Crippen molar-refractivity contribution in [3.63, 3.8) is 0 Å². The van der Waals surface area contributed by atoms with Gasteiger partial charge >= 0.3 is 5.97 Å². The molecule has 1 saturated heterocycles. The van der Waals surface area contributed by atoms with Crippen molar-refractivity contribution in [1.29, 1.82) is 0 Å². The topological polar surface area (TPSA) is 102 Å². The molecule has 3 rings (SSSR count). The number of ether oxygens (including phenoxy) is 2. The molecule has 1 N–H and O–H groups in total. The molecule has 1 aliphatic heterocycles. The maximum Gasteiger partial charge on any atom is 0.314 e. The minimum atomic E-state index is -3.71. The van der Waals surface area contributed by atoms with Gasteiger partial charge in [0.2, 0.25) is 10.0 Å². The van der Waals surface area contributed by atoms with E-state index >= 15 is 0 Å². The molecule has 0 radical (unpaired) electrons. The lowest BCUT2D eigenvalue weighted by Crippen LogP contribution is -2.40.